The standard InChI is InChI=1S/C15H26N2O4S2/c18-14(16-7-12-3-1-5-20-12)9-22-11-23-10-15(19)17-8-13-4-2-6-21-13/h12-13H,1-11H2,(H,16,18)(H,17,19). The predicted molar refractivity (Wildman–Crippen MR) is 93.8 cm³/mol. The topological polar surface area (TPSA) is 76.7 Å². The van der Waals surface area contributed by atoms with Gasteiger partial charge in [0.2, 0.25) is 11.8 Å². The second-order valence-electron chi connectivity index (χ2n) is 5.69. The van der Waals surface area contributed by atoms with E-state index in [9.17, 15) is 9.59 Å². The first-order valence-electron chi connectivity index (χ1n) is 8.16. The van der Waals surface area contributed by atoms with E-state index in [-0.39, 0.29) is 24.0 Å². The van der Waals surface area contributed by atoms with Gasteiger partial charge < -0.3 is 20.1 Å². The molecule has 2 fully saturated rings. The van der Waals surface area contributed by atoms with Crippen molar-refractivity contribution in [3.63, 3.8) is 0 Å². The van der Waals surface area contributed by atoms with E-state index in [0.717, 1.165) is 44.0 Å². The minimum atomic E-state index is 0.0360. The first kappa shape index (κ1) is 18.9. The highest BCUT2D eigenvalue weighted by atomic mass is 32.2. The van der Waals surface area contributed by atoms with Gasteiger partial charge >= 0.3 is 0 Å². The lowest BCUT2D eigenvalue weighted by Crippen LogP contribution is -2.33. The zero-order chi connectivity index (χ0) is 16.3. The van der Waals surface area contributed by atoms with Crippen molar-refractivity contribution in [1.82, 2.24) is 10.6 Å². The van der Waals surface area contributed by atoms with Crippen LogP contribution < -0.4 is 10.6 Å². The summed E-state index contributed by atoms with van der Waals surface area (Å²) in [7, 11) is 0. The van der Waals surface area contributed by atoms with Crippen LogP contribution in [0.3, 0.4) is 0 Å². The highest BCUT2D eigenvalue weighted by Crippen LogP contribution is 2.13. The molecule has 0 saturated carbocycles. The lowest BCUT2D eigenvalue weighted by atomic mass is 10.2. The molecule has 6 nitrogen and oxygen atoms in total. The Morgan fingerprint density at radius 3 is 1.74 bits per heavy atom. The van der Waals surface area contributed by atoms with E-state index in [1.807, 2.05) is 0 Å². The van der Waals surface area contributed by atoms with Gasteiger partial charge in [0.25, 0.3) is 0 Å². The van der Waals surface area contributed by atoms with Gasteiger partial charge in [0.15, 0.2) is 0 Å². The van der Waals surface area contributed by atoms with Crippen molar-refractivity contribution in [3.8, 4) is 0 Å². The molecule has 2 heterocycles. The molecule has 0 bridgehead atoms. The van der Waals surface area contributed by atoms with Crippen molar-refractivity contribution in [2.24, 2.45) is 0 Å². The van der Waals surface area contributed by atoms with Crippen molar-refractivity contribution in [2.75, 3.05) is 42.9 Å². The predicted octanol–water partition coefficient (Wildman–Crippen LogP) is 1.00. The van der Waals surface area contributed by atoms with Crippen LogP contribution in [0.25, 0.3) is 0 Å². The molecule has 2 amide bonds. The van der Waals surface area contributed by atoms with Crippen molar-refractivity contribution >= 4 is 35.3 Å². The quantitative estimate of drug-likeness (QED) is 0.446. The summed E-state index contributed by atoms with van der Waals surface area (Å²) >= 11 is 3.07. The summed E-state index contributed by atoms with van der Waals surface area (Å²) in [4.78, 5) is 23.3. The van der Waals surface area contributed by atoms with Gasteiger partial charge in [-0.05, 0) is 25.7 Å². The number of hydrogen-bond donors (Lipinski definition) is 2. The lowest BCUT2D eigenvalue weighted by Gasteiger charge is -2.11. The van der Waals surface area contributed by atoms with Crippen molar-refractivity contribution in [1.29, 1.82) is 0 Å². The number of amides is 2. The summed E-state index contributed by atoms with van der Waals surface area (Å²) in [6, 6.07) is 0. The highest BCUT2D eigenvalue weighted by Gasteiger charge is 2.17. The average Bonchev–Trinajstić information content (AvgIpc) is 3.24. The minimum absolute atomic E-state index is 0.0360. The first-order valence-corrected chi connectivity index (χ1v) is 10.5. The largest absolute Gasteiger partial charge is 0.376 e. The number of carbonyl (C=O) groups is 2. The fourth-order valence-corrected chi connectivity index (χ4v) is 4.21. The molecule has 0 aromatic carbocycles. The molecule has 0 aromatic rings. The lowest BCUT2D eigenvalue weighted by molar-refractivity contribution is -0.119. The van der Waals surface area contributed by atoms with Gasteiger partial charge in [-0.2, -0.15) is 0 Å². The molecule has 2 unspecified atom stereocenters. The maximum atomic E-state index is 11.7. The monoisotopic (exact) mass is 362 g/mol. The number of hydrogen-bond acceptors (Lipinski definition) is 6. The van der Waals surface area contributed by atoms with Crippen LogP contribution in [0.1, 0.15) is 25.7 Å². The van der Waals surface area contributed by atoms with Crippen LogP contribution in [0.4, 0.5) is 0 Å². The van der Waals surface area contributed by atoms with Gasteiger partial charge in [0, 0.05) is 31.4 Å². The van der Waals surface area contributed by atoms with Gasteiger partial charge in [-0.1, -0.05) is 0 Å². The van der Waals surface area contributed by atoms with Crippen LogP contribution >= 0.6 is 23.5 Å². The van der Waals surface area contributed by atoms with Crippen molar-refractivity contribution in [2.45, 2.75) is 37.9 Å². The first-order chi connectivity index (χ1) is 11.2. The molecule has 2 aliphatic heterocycles. The number of ether oxygens (including phenoxy) is 2. The maximum absolute atomic E-state index is 11.7. The van der Waals surface area contributed by atoms with Gasteiger partial charge in [-0.25, -0.2) is 0 Å². The van der Waals surface area contributed by atoms with E-state index < -0.39 is 0 Å². The van der Waals surface area contributed by atoms with Crippen molar-refractivity contribution in [3.05, 3.63) is 0 Å². The summed E-state index contributed by atoms with van der Waals surface area (Å²) in [5, 5.41) is 6.51. The highest BCUT2D eigenvalue weighted by molar-refractivity contribution is 8.16. The van der Waals surface area contributed by atoms with E-state index in [2.05, 4.69) is 10.6 Å². The molecule has 0 spiro atoms. The Kier molecular flexibility index (Phi) is 9.18. The van der Waals surface area contributed by atoms with E-state index >= 15 is 0 Å². The summed E-state index contributed by atoms with van der Waals surface area (Å²) in [5.41, 5.74) is 0. The molecular formula is C15H26N2O4S2. The molecular weight excluding hydrogens is 336 g/mol. The maximum Gasteiger partial charge on any atom is 0.230 e. The zero-order valence-corrected chi connectivity index (χ0v) is 15.0. The second-order valence-corrected chi connectivity index (χ2v) is 8.03. The van der Waals surface area contributed by atoms with Gasteiger partial charge in [0.05, 0.1) is 23.7 Å². The van der Waals surface area contributed by atoms with Gasteiger partial charge in [-0.15, -0.1) is 23.5 Å². The van der Waals surface area contributed by atoms with E-state index in [4.69, 9.17) is 9.47 Å². The third-order valence-electron chi connectivity index (χ3n) is 3.73. The van der Waals surface area contributed by atoms with Crippen LogP contribution in [-0.4, -0.2) is 66.9 Å². The van der Waals surface area contributed by atoms with E-state index in [1.165, 1.54) is 23.5 Å². The Hall–Kier alpha value is -0.440. The normalized spacial score (nSPS) is 23.8. The Morgan fingerprint density at radius 2 is 1.35 bits per heavy atom. The SMILES string of the molecule is O=C(CSCSCC(=O)NCC1CCCO1)NCC1CCCO1. The molecule has 0 radical (unpaired) electrons. The van der Waals surface area contributed by atoms with Crippen LogP contribution in [-0.2, 0) is 19.1 Å². The summed E-state index contributed by atoms with van der Waals surface area (Å²) in [6.07, 6.45) is 4.60. The molecule has 2 rings (SSSR count). The smallest absolute Gasteiger partial charge is 0.230 e. The van der Waals surface area contributed by atoms with E-state index in [1.54, 1.807) is 0 Å². The third-order valence-corrected chi connectivity index (χ3v) is 6.00. The van der Waals surface area contributed by atoms with Gasteiger partial charge in [-0.3, -0.25) is 9.59 Å². The third kappa shape index (κ3) is 8.28. The second kappa shape index (κ2) is 11.2. The molecule has 8 heteroatoms. The molecule has 2 N–H and O–H groups in total. The van der Waals surface area contributed by atoms with E-state index in [0.29, 0.717) is 24.6 Å². The van der Waals surface area contributed by atoms with Crippen LogP contribution in [0.15, 0.2) is 0 Å². The fourth-order valence-electron chi connectivity index (χ4n) is 2.50. The summed E-state index contributed by atoms with van der Waals surface area (Å²) in [5.74, 6) is 0.928. The number of carbonyl (C=O) groups excluding carboxylic acids is 2. The van der Waals surface area contributed by atoms with Crippen LogP contribution in [0, 0.1) is 0 Å². The average molecular weight is 363 g/mol. The Balaban J connectivity index is 1.39. The Bertz CT molecular complexity index is 338. The number of nitrogens with one attached hydrogen (secondary N) is 2. The Labute approximate surface area is 146 Å². The molecule has 23 heavy (non-hydrogen) atoms. The minimum Gasteiger partial charge on any atom is -0.376 e. The summed E-state index contributed by atoms with van der Waals surface area (Å²) in [6.45, 7) is 2.83. The number of rotatable bonds is 10. The molecule has 132 valence electrons. The fraction of sp³-hybridized carbons (Fsp3) is 0.867. The van der Waals surface area contributed by atoms with Crippen molar-refractivity contribution < 1.29 is 19.1 Å². The number of thioether (sulfide) groups is 2. The molecule has 2 atom stereocenters. The molecule has 0 aliphatic carbocycles. The van der Waals surface area contributed by atoms with Gasteiger partial charge in [0.1, 0.15) is 0 Å². The molecule has 2 saturated heterocycles. The van der Waals surface area contributed by atoms with Crippen LogP contribution in [0.5, 0.6) is 0 Å². The molecule has 2 aliphatic rings. The zero-order valence-electron chi connectivity index (χ0n) is 13.4. The molecule has 0 aromatic heterocycles. The Morgan fingerprint density at radius 1 is 0.870 bits per heavy atom. The summed E-state index contributed by atoms with van der Waals surface area (Å²) < 4.78 is 10.9. The van der Waals surface area contributed by atoms with Crippen LogP contribution in [0.2, 0.25) is 0 Å².